The van der Waals surface area contributed by atoms with Gasteiger partial charge in [-0.15, -0.1) is 0 Å². The van der Waals surface area contributed by atoms with Crippen molar-refractivity contribution in [2.45, 2.75) is 76.5 Å². The number of nitrogens with two attached hydrogens (primary N) is 2. The van der Waals surface area contributed by atoms with E-state index in [1.165, 1.54) is 75.3 Å². The number of hydrogen-bond donors (Lipinski definition) is 2. The lowest BCUT2D eigenvalue weighted by Crippen LogP contribution is -2.33. The highest BCUT2D eigenvalue weighted by atomic mass is 14.5. The molecular formula is C25H36N2. The van der Waals surface area contributed by atoms with Gasteiger partial charge in [0.1, 0.15) is 0 Å². The van der Waals surface area contributed by atoms with Crippen LogP contribution in [0.1, 0.15) is 82.3 Å². The van der Waals surface area contributed by atoms with Crippen LogP contribution in [0.5, 0.6) is 0 Å². The van der Waals surface area contributed by atoms with Gasteiger partial charge in [-0.25, -0.2) is 0 Å². The summed E-state index contributed by atoms with van der Waals surface area (Å²) in [6.45, 7) is 2.29. The van der Waals surface area contributed by atoms with E-state index in [0.717, 1.165) is 17.3 Å². The van der Waals surface area contributed by atoms with E-state index in [0.29, 0.717) is 0 Å². The van der Waals surface area contributed by atoms with Gasteiger partial charge in [0.2, 0.25) is 0 Å². The monoisotopic (exact) mass is 364 g/mol. The Labute approximate surface area is 165 Å². The lowest BCUT2D eigenvalue weighted by Gasteiger charge is -2.41. The largest absolute Gasteiger partial charge is 0.399 e. The van der Waals surface area contributed by atoms with Gasteiger partial charge < -0.3 is 11.5 Å². The number of unbranched alkanes of at least 4 members (excludes halogenated alkanes) is 4. The Morgan fingerprint density at radius 3 is 1.70 bits per heavy atom. The molecule has 1 aliphatic carbocycles. The van der Waals surface area contributed by atoms with Crippen LogP contribution < -0.4 is 11.5 Å². The summed E-state index contributed by atoms with van der Waals surface area (Å²) in [6, 6.07) is 17.1. The number of hydrogen-bond acceptors (Lipinski definition) is 2. The van der Waals surface area contributed by atoms with E-state index in [9.17, 15) is 0 Å². The Hall–Kier alpha value is -1.96. The number of benzene rings is 2. The minimum atomic E-state index is 0.111. The number of nitrogen functional groups attached to an aromatic ring is 2. The summed E-state index contributed by atoms with van der Waals surface area (Å²) < 4.78 is 0. The molecule has 1 aliphatic rings. The van der Waals surface area contributed by atoms with Crippen molar-refractivity contribution in [2.75, 3.05) is 11.5 Å². The molecule has 0 heterocycles. The van der Waals surface area contributed by atoms with E-state index in [1.807, 2.05) is 24.3 Å². The van der Waals surface area contributed by atoms with Gasteiger partial charge in [-0.3, -0.25) is 0 Å². The zero-order chi connectivity index (χ0) is 19.1. The Morgan fingerprint density at radius 2 is 1.22 bits per heavy atom. The molecular weight excluding hydrogens is 328 g/mol. The molecule has 2 aromatic rings. The summed E-state index contributed by atoms with van der Waals surface area (Å²) in [5.41, 5.74) is 16.5. The van der Waals surface area contributed by atoms with E-state index >= 15 is 0 Å². The molecule has 3 rings (SSSR count). The van der Waals surface area contributed by atoms with Crippen molar-refractivity contribution in [1.29, 1.82) is 0 Å². The molecule has 4 N–H and O–H groups in total. The molecule has 2 aromatic carbocycles. The smallest absolute Gasteiger partial charge is 0.0314 e. The summed E-state index contributed by atoms with van der Waals surface area (Å²) in [7, 11) is 0. The average Bonchev–Trinajstić information content (AvgIpc) is 2.70. The van der Waals surface area contributed by atoms with Crippen molar-refractivity contribution >= 4 is 11.4 Å². The maximum atomic E-state index is 5.95. The molecule has 0 amide bonds. The van der Waals surface area contributed by atoms with E-state index in [2.05, 4.69) is 31.2 Å². The second-order valence-corrected chi connectivity index (χ2v) is 8.47. The fraction of sp³-hybridized carbons (Fsp3) is 0.520. The van der Waals surface area contributed by atoms with Gasteiger partial charge in [0.25, 0.3) is 0 Å². The van der Waals surface area contributed by atoms with Crippen molar-refractivity contribution in [3.05, 3.63) is 59.7 Å². The van der Waals surface area contributed by atoms with Crippen LogP contribution in [0.3, 0.4) is 0 Å². The van der Waals surface area contributed by atoms with Crippen LogP contribution >= 0.6 is 0 Å². The molecule has 0 aliphatic heterocycles. The van der Waals surface area contributed by atoms with Crippen LogP contribution in [-0.4, -0.2) is 0 Å². The Kier molecular flexibility index (Phi) is 6.82. The summed E-state index contributed by atoms with van der Waals surface area (Å²) in [6.07, 6.45) is 13.4. The highest BCUT2D eigenvalue weighted by molar-refractivity contribution is 5.49. The van der Waals surface area contributed by atoms with Crippen molar-refractivity contribution in [2.24, 2.45) is 5.92 Å². The van der Waals surface area contributed by atoms with Gasteiger partial charge >= 0.3 is 0 Å². The van der Waals surface area contributed by atoms with Gasteiger partial charge in [-0.2, -0.15) is 0 Å². The van der Waals surface area contributed by atoms with Crippen LogP contribution in [0.4, 0.5) is 11.4 Å². The topological polar surface area (TPSA) is 52.0 Å². The molecule has 0 radical (unpaired) electrons. The first-order valence-corrected chi connectivity index (χ1v) is 10.9. The Balaban J connectivity index is 1.71. The first kappa shape index (κ1) is 19.8. The summed E-state index contributed by atoms with van der Waals surface area (Å²) in [5.74, 6) is 0.891. The first-order chi connectivity index (χ1) is 13.1. The predicted octanol–water partition coefficient (Wildman–Crippen LogP) is 6.69. The van der Waals surface area contributed by atoms with E-state index in [-0.39, 0.29) is 5.41 Å². The van der Waals surface area contributed by atoms with Crippen LogP contribution in [0.15, 0.2) is 48.5 Å². The standard InChI is InChI=1S/C25H36N2/c1-2-3-4-5-6-7-20-16-18-25(19-17-20,21-8-12-23(26)13-9-21)22-10-14-24(27)15-11-22/h8-15,20H,2-7,16-19,26-27H2,1H3. The van der Waals surface area contributed by atoms with Gasteiger partial charge in [0, 0.05) is 16.8 Å². The summed E-state index contributed by atoms with van der Waals surface area (Å²) in [4.78, 5) is 0. The first-order valence-electron chi connectivity index (χ1n) is 10.9. The molecule has 1 saturated carbocycles. The minimum Gasteiger partial charge on any atom is -0.399 e. The van der Waals surface area contributed by atoms with Crippen LogP contribution in [0.2, 0.25) is 0 Å². The van der Waals surface area contributed by atoms with Gasteiger partial charge in [-0.1, -0.05) is 69.7 Å². The highest BCUT2D eigenvalue weighted by Gasteiger charge is 2.38. The third kappa shape index (κ3) is 4.86. The molecule has 27 heavy (non-hydrogen) atoms. The van der Waals surface area contributed by atoms with Crippen molar-refractivity contribution in [1.82, 2.24) is 0 Å². The van der Waals surface area contributed by atoms with Crippen molar-refractivity contribution < 1.29 is 0 Å². The predicted molar refractivity (Wildman–Crippen MR) is 118 cm³/mol. The lowest BCUT2D eigenvalue weighted by molar-refractivity contribution is 0.250. The van der Waals surface area contributed by atoms with Crippen molar-refractivity contribution in [3.63, 3.8) is 0 Å². The molecule has 0 spiro atoms. The maximum Gasteiger partial charge on any atom is 0.0314 e. The molecule has 0 unspecified atom stereocenters. The quantitative estimate of drug-likeness (QED) is 0.405. The molecule has 0 aromatic heterocycles. The molecule has 0 atom stereocenters. The maximum absolute atomic E-state index is 5.95. The normalized spacial score (nSPS) is 17.1. The molecule has 146 valence electrons. The van der Waals surface area contributed by atoms with Crippen molar-refractivity contribution in [3.8, 4) is 0 Å². The Bertz CT molecular complexity index is 632. The highest BCUT2D eigenvalue weighted by Crippen LogP contribution is 2.47. The average molecular weight is 365 g/mol. The number of rotatable bonds is 8. The second-order valence-electron chi connectivity index (χ2n) is 8.47. The van der Waals surface area contributed by atoms with Gasteiger partial charge in [0.05, 0.1) is 0 Å². The minimum absolute atomic E-state index is 0.111. The molecule has 0 saturated heterocycles. The fourth-order valence-corrected chi connectivity index (χ4v) is 4.84. The van der Waals surface area contributed by atoms with E-state index in [4.69, 9.17) is 11.5 Å². The van der Waals surface area contributed by atoms with Crippen LogP contribution in [0.25, 0.3) is 0 Å². The van der Waals surface area contributed by atoms with Crippen LogP contribution in [0, 0.1) is 5.92 Å². The zero-order valence-corrected chi connectivity index (χ0v) is 16.9. The molecule has 2 nitrogen and oxygen atoms in total. The van der Waals surface area contributed by atoms with Crippen LogP contribution in [-0.2, 0) is 5.41 Å². The lowest BCUT2D eigenvalue weighted by atomic mass is 9.62. The molecule has 0 bridgehead atoms. The third-order valence-corrected chi connectivity index (χ3v) is 6.60. The van der Waals surface area contributed by atoms with E-state index < -0.39 is 0 Å². The molecule has 1 fully saturated rings. The Morgan fingerprint density at radius 1 is 0.741 bits per heavy atom. The summed E-state index contributed by atoms with van der Waals surface area (Å²) >= 11 is 0. The second kappa shape index (κ2) is 9.30. The zero-order valence-electron chi connectivity index (χ0n) is 16.9. The van der Waals surface area contributed by atoms with Gasteiger partial charge in [-0.05, 0) is 67.0 Å². The van der Waals surface area contributed by atoms with E-state index in [1.54, 1.807) is 0 Å². The molecule has 2 heteroatoms. The van der Waals surface area contributed by atoms with Gasteiger partial charge in [0.15, 0.2) is 0 Å². The number of anilines is 2. The fourth-order valence-electron chi connectivity index (χ4n) is 4.84. The summed E-state index contributed by atoms with van der Waals surface area (Å²) in [5, 5.41) is 0. The SMILES string of the molecule is CCCCCCCC1CCC(c2ccc(N)cc2)(c2ccc(N)cc2)CC1. The third-order valence-electron chi connectivity index (χ3n) is 6.60.